The molecule has 3 N–H and O–H groups in total. The highest BCUT2D eigenvalue weighted by Crippen LogP contribution is 2.27. The summed E-state index contributed by atoms with van der Waals surface area (Å²) in [6.07, 6.45) is 0. The van der Waals surface area contributed by atoms with E-state index in [1.165, 1.54) is 6.07 Å². The summed E-state index contributed by atoms with van der Waals surface area (Å²) in [6.45, 7) is 1.89. The fourth-order valence-corrected chi connectivity index (χ4v) is 1.92. The summed E-state index contributed by atoms with van der Waals surface area (Å²) >= 11 is 6.01. The summed E-state index contributed by atoms with van der Waals surface area (Å²) in [4.78, 5) is 11.4. The first-order valence-electron chi connectivity index (χ1n) is 5.98. The Labute approximate surface area is 126 Å². The summed E-state index contributed by atoms with van der Waals surface area (Å²) in [6, 6.07) is 8.28. The smallest absolute Gasteiger partial charge is 0.300 e. The van der Waals surface area contributed by atoms with Crippen LogP contribution < -0.4 is 16.0 Å². The number of ether oxygens (including phenoxy) is 1. The number of nitrogens with zero attached hydrogens (tertiary/aromatic N) is 1. The van der Waals surface area contributed by atoms with Gasteiger partial charge in [0.25, 0.3) is 0 Å². The quantitative estimate of drug-likeness (QED) is 0.512. The SMILES string of the molecule is Cc1oc(C(=O)NN)cc1COc1ccc(C#N)cc1Cl. The van der Waals surface area contributed by atoms with Gasteiger partial charge in [-0.25, -0.2) is 5.84 Å². The monoisotopic (exact) mass is 305 g/mol. The Bertz CT molecular complexity index is 719. The minimum atomic E-state index is -0.513. The first kappa shape index (κ1) is 14.9. The van der Waals surface area contributed by atoms with Crippen LogP contribution in [0, 0.1) is 18.3 Å². The van der Waals surface area contributed by atoms with Crippen molar-refractivity contribution in [2.75, 3.05) is 0 Å². The number of hydrogen-bond acceptors (Lipinski definition) is 5. The highest BCUT2D eigenvalue weighted by molar-refractivity contribution is 6.32. The van der Waals surface area contributed by atoms with E-state index in [0.29, 0.717) is 27.7 Å². The van der Waals surface area contributed by atoms with Crippen molar-refractivity contribution in [3.8, 4) is 11.8 Å². The topological polar surface area (TPSA) is 101 Å². The number of benzene rings is 1. The molecular weight excluding hydrogens is 294 g/mol. The minimum absolute atomic E-state index is 0.111. The number of nitriles is 1. The molecule has 0 spiro atoms. The van der Waals surface area contributed by atoms with E-state index in [1.54, 1.807) is 25.1 Å². The molecule has 7 heteroatoms. The Morgan fingerprint density at radius 3 is 2.90 bits per heavy atom. The number of hydrogen-bond donors (Lipinski definition) is 2. The van der Waals surface area contributed by atoms with Crippen molar-refractivity contribution < 1.29 is 13.9 Å². The molecular formula is C14H12ClN3O3. The number of carbonyl (C=O) groups is 1. The summed E-state index contributed by atoms with van der Waals surface area (Å²) in [5, 5.41) is 9.11. The number of furan rings is 1. The number of amides is 1. The van der Waals surface area contributed by atoms with E-state index >= 15 is 0 Å². The number of nitrogens with two attached hydrogens (primary N) is 1. The summed E-state index contributed by atoms with van der Waals surface area (Å²) in [5.41, 5.74) is 3.15. The molecule has 0 aliphatic carbocycles. The third-order valence-corrected chi connectivity index (χ3v) is 3.11. The molecule has 0 saturated heterocycles. The van der Waals surface area contributed by atoms with Gasteiger partial charge in [0.15, 0.2) is 5.76 Å². The molecule has 6 nitrogen and oxygen atoms in total. The second-order valence-corrected chi connectivity index (χ2v) is 4.62. The largest absolute Gasteiger partial charge is 0.487 e. The molecule has 0 aliphatic heterocycles. The predicted octanol–water partition coefficient (Wildman–Crippen LogP) is 2.30. The maximum Gasteiger partial charge on any atom is 0.300 e. The average Bonchev–Trinajstić information content (AvgIpc) is 2.86. The number of halogens is 1. The zero-order valence-corrected chi connectivity index (χ0v) is 11.9. The van der Waals surface area contributed by atoms with Gasteiger partial charge in [0.05, 0.1) is 16.7 Å². The normalized spacial score (nSPS) is 10.0. The number of rotatable bonds is 4. The molecule has 0 fully saturated rings. The molecule has 2 aromatic rings. The highest BCUT2D eigenvalue weighted by atomic mass is 35.5. The minimum Gasteiger partial charge on any atom is -0.487 e. The van der Waals surface area contributed by atoms with Gasteiger partial charge >= 0.3 is 5.91 Å². The van der Waals surface area contributed by atoms with E-state index in [9.17, 15) is 4.79 Å². The predicted molar refractivity (Wildman–Crippen MR) is 75.6 cm³/mol. The van der Waals surface area contributed by atoms with Gasteiger partial charge in [0, 0.05) is 5.56 Å². The Morgan fingerprint density at radius 1 is 1.52 bits per heavy atom. The Hall–Kier alpha value is -2.49. The van der Waals surface area contributed by atoms with Crippen molar-refractivity contribution >= 4 is 17.5 Å². The molecule has 2 rings (SSSR count). The maximum atomic E-state index is 11.4. The van der Waals surface area contributed by atoms with Crippen molar-refractivity contribution in [2.24, 2.45) is 5.84 Å². The number of aryl methyl sites for hydroxylation is 1. The van der Waals surface area contributed by atoms with Crippen molar-refractivity contribution in [3.05, 3.63) is 51.9 Å². The van der Waals surface area contributed by atoms with Gasteiger partial charge in [0.1, 0.15) is 18.1 Å². The summed E-state index contributed by atoms with van der Waals surface area (Å²) in [5.74, 6) is 5.64. The van der Waals surface area contributed by atoms with Gasteiger partial charge in [-0.1, -0.05) is 11.6 Å². The zero-order chi connectivity index (χ0) is 15.4. The lowest BCUT2D eigenvalue weighted by Gasteiger charge is -2.07. The average molecular weight is 306 g/mol. The van der Waals surface area contributed by atoms with E-state index < -0.39 is 5.91 Å². The van der Waals surface area contributed by atoms with E-state index in [-0.39, 0.29) is 12.4 Å². The highest BCUT2D eigenvalue weighted by Gasteiger charge is 2.14. The molecule has 1 heterocycles. The molecule has 1 aromatic heterocycles. The van der Waals surface area contributed by atoms with Gasteiger partial charge < -0.3 is 9.15 Å². The van der Waals surface area contributed by atoms with E-state index in [2.05, 4.69) is 0 Å². The lowest BCUT2D eigenvalue weighted by atomic mass is 10.2. The first-order valence-corrected chi connectivity index (χ1v) is 6.35. The van der Waals surface area contributed by atoms with Crippen LogP contribution in [-0.4, -0.2) is 5.91 Å². The molecule has 108 valence electrons. The molecule has 21 heavy (non-hydrogen) atoms. The van der Waals surface area contributed by atoms with Crippen molar-refractivity contribution in [1.29, 1.82) is 5.26 Å². The van der Waals surface area contributed by atoms with Crippen LogP contribution >= 0.6 is 11.6 Å². The van der Waals surface area contributed by atoms with Crippen molar-refractivity contribution in [1.82, 2.24) is 5.43 Å². The lowest BCUT2D eigenvalue weighted by Crippen LogP contribution is -2.29. The summed E-state index contributed by atoms with van der Waals surface area (Å²) in [7, 11) is 0. The maximum absolute atomic E-state index is 11.4. The molecule has 0 unspecified atom stereocenters. The zero-order valence-electron chi connectivity index (χ0n) is 11.1. The van der Waals surface area contributed by atoms with Gasteiger partial charge in [-0.3, -0.25) is 10.2 Å². The van der Waals surface area contributed by atoms with Crippen LogP contribution in [0.4, 0.5) is 0 Å². The van der Waals surface area contributed by atoms with Gasteiger partial charge in [-0.15, -0.1) is 0 Å². The number of hydrazine groups is 1. The van der Waals surface area contributed by atoms with Crippen LogP contribution in [0.25, 0.3) is 0 Å². The third-order valence-electron chi connectivity index (χ3n) is 2.82. The van der Waals surface area contributed by atoms with Crippen molar-refractivity contribution in [2.45, 2.75) is 13.5 Å². The van der Waals surface area contributed by atoms with Gasteiger partial charge in [-0.05, 0) is 31.2 Å². The fourth-order valence-electron chi connectivity index (χ4n) is 1.69. The van der Waals surface area contributed by atoms with E-state index in [1.807, 2.05) is 11.5 Å². The third kappa shape index (κ3) is 3.34. The molecule has 0 aliphatic rings. The standard InChI is InChI=1S/C14H12ClN3O3/c1-8-10(5-13(21-8)14(19)18-17)7-20-12-3-2-9(6-16)4-11(12)15/h2-5H,7,17H2,1H3,(H,18,19). The van der Waals surface area contributed by atoms with Gasteiger partial charge in [-0.2, -0.15) is 5.26 Å². The van der Waals surface area contributed by atoms with Crippen LogP contribution in [0.5, 0.6) is 5.75 Å². The van der Waals surface area contributed by atoms with Crippen LogP contribution in [0.1, 0.15) is 27.4 Å². The number of nitrogen functional groups attached to an aromatic ring is 1. The molecule has 1 amide bonds. The Balaban J connectivity index is 2.12. The molecule has 0 atom stereocenters. The Kier molecular flexibility index (Phi) is 4.48. The number of carbonyl (C=O) groups excluding carboxylic acids is 1. The van der Waals surface area contributed by atoms with Crippen LogP contribution in [0.2, 0.25) is 5.02 Å². The fraction of sp³-hybridized carbons (Fsp3) is 0.143. The van der Waals surface area contributed by atoms with Gasteiger partial charge in [0.2, 0.25) is 0 Å². The van der Waals surface area contributed by atoms with Crippen LogP contribution in [0.15, 0.2) is 28.7 Å². The lowest BCUT2D eigenvalue weighted by molar-refractivity contribution is 0.0924. The first-order chi connectivity index (χ1) is 10.0. The molecule has 0 saturated carbocycles. The molecule has 0 bridgehead atoms. The van der Waals surface area contributed by atoms with Crippen LogP contribution in [-0.2, 0) is 6.61 Å². The van der Waals surface area contributed by atoms with E-state index in [0.717, 1.165) is 0 Å². The van der Waals surface area contributed by atoms with Crippen molar-refractivity contribution in [3.63, 3.8) is 0 Å². The second-order valence-electron chi connectivity index (χ2n) is 4.21. The number of nitrogens with one attached hydrogen (secondary N) is 1. The molecule has 1 aromatic carbocycles. The Morgan fingerprint density at radius 2 is 2.29 bits per heavy atom. The van der Waals surface area contributed by atoms with Crippen LogP contribution in [0.3, 0.4) is 0 Å². The summed E-state index contributed by atoms with van der Waals surface area (Å²) < 4.78 is 10.8. The second kappa shape index (κ2) is 6.31. The van der Waals surface area contributed by atoms with E-state index in [4.69, 9.17) is 31.9 Å². The molecule has 0 radical (unpaired) electrons.